The summed E-state index contributed by atoms with van der Waals surface area (Å²) in [6, 6.07) is 1.98. The summed E-state index contributed by atoms with van der Waals surface area (Å²) in [6.45, 7) is 5.79. The van der Waals surface area contributed by atoms with Gasteiger partial charge in [-0.15, -0.1) is 0 Å². The van der Waals surface area contributed by atoms with Crippen LogP contribution >= 0.6 is 0 Å². The number of hydrogen-bond acceptors (Lipinski definition) is 3. The van der Waals surface area contributed by atoms with Gasteiger partial charge in [-0.05, 0) is 61.9 Å². The first kappa shape index (κ1) is 12.8. The Hall–Kier alpha value is -1.60. The smallest absolute Gasteiger partial charge is 0.235 e. The van der Waals surface area contributed by atoms with Crippen LogP contribution in [0.4, 0.5) is 0 Å². The topological polar surface area (TPSA) is 49.7 Å². The second-order valence-corrected chi connectivity index (χ2v) is 5.28. The molecule has 0 atom stereocenters. The molecule has 1 aromatic carbocycles. The van der Waals surface area contributed by atoms with Crippen LogP contribution in [0.25, 0.3) is 0 Å². The van der Waals surface area contributed by atoms with Gasteiger partial charge in [0.15, 0.2) is 0 Å². The number of benzene rings is 1. The van der Waals surface area contributed by atoms with E-state index in [2.05, 4.69) is 4.99 Å². The molecule has 18 heavy (non-hydrogen) atoms. The van der Waals surface area contributed by atoms with Gasteiger partial charge in [-0.1, -0.05) is 12.8 Å². The maximum atomic E-state index is 10.7. The molecule has 0 aliphatic heterocycles. The maximum Gasteiger partial charge on any atom is 0.235 e. The lowest BCUT2D eigenvalue weighted by molar-refractivity contribution is 0.444. The molecule has 1 aliphatic rings. The quantitative estimate of drug-likeness (QED) is 0.641. The predicted octanol–water partition coefficient (Wildman–Crippen LogP) is 3.42. The monoisotopic (exact) mass is 245 g/mol. The fraction of sp³-hybridized carbons (Fsp3) is 0.533. The summed E-state index contributed by atoms with van der Waals surface area (Å²) in [5, 5.41) is 9.96. The van der Waals surface area contributed by atoms with Crippen molar-refractivity contribution >= 4 is 6.08 Å². The number of aryl methyl sites for hydroxylation is 1. The lowest BCUT2D eigenvalue weighted by Crippen LogP contribution is -2.21. The summed E-state index contributed by atoms with van der Waals surface area (Å²) in [5.41, 5.74) is 3.45. The standard InChI is InChI=1S/C15H19NO2/c1-10-8-13(11(2)12(3)14(10)18)15(16-9-17)6-4-5-7-15/h8,18H,4-7H2,1-3H3. The third-order valence-corrected chi connectivity index (χ3v) is 4.25. The highest BCUT2D eigenvalue weighted by Gasteiger charge is 2.37. The van der Waals surface area contributed by atoms with Crippen molar-refractivity contribution in [3.8, 4) is 5.75 Å². The molecular weight excluding hydrogens is 226 g/mol. The van der Waals surface area contributed by atoms with Gasteiger partial charge in [0.2, 0.25) is 6.08 Å². The van der Waals surface area contributed by atoms with E-state index in [1.54, 1.807) is 6.08 Å². The van der Waals surface area contributed by atoms with Crippen molar-refractivity contribution < 1.29 is 9.90 Å². The minimum absolute atomic E-state index is 0.347. The summed E-state index contributed by atoms with van der Waals surface area (Å²) < 4.78 is 0. The Morgan fingerprint density at radius 3 is 2.39 bits per heavy atom. The van der Waals surface area contributed by atoms with Crippen molar-refractivity contribution in [1.29, 1.82) is 0 Å². The molecule has 0 aromatic heterocycles. The molecule has 3 heteroatoms. The molecule has 0 unspecified atom stereocenters. The van der Waals surface area contributed by atoms with Crippen LogP contribution in [0.3, 0.4) is 0 Å². The number of carbonyl (C=O) groups excluding carboxylic acids is 1. The second kappa shape index (κ2) is 4.58. The van der Waals surface area contributed by atoms with Gasteiger partial charge in [0.25, 0.3) is 0 Å². The average Bonchev–Trinajstić information content (AvgIpc) is 2.81. The number of rotatable bonds is 2. The average molecular weight is 245 g/mol. The molecule has 0 radical (unpaired) electrons. The van der Waals surface area contributed by atoms with Crippen molar-refractivity contribution in [2.45, 2.75) is 52.0 Å². The van der Waals surface area contributed by atoms with Crippen molar-refractivity contribution in [2.75, 3.05) is 0 Å². The SMILES string of the molecule is Cc1cc(C2(N=C=O)CCCC2)c(C)c(C)c1O. The molecule has 0 bridgehead atoms. The van der Waals surface area contributed by atoms with Crippen molar-refractivity contribution in [3.05, 3.63) is 28.3 Å². The second-order valence-electron chi connectivity index (χ2n) is 5.28. The van der Waals surface area contributed by atoms with E-state index in [9.17, 15) is 9.90 Å². The summed E-state index contributed by atoms with van der Waals surface area (Å²) >= 11 is 0. The lowest BCUT2D eigenvalue weighted by Gasteiger charge is -2.27. The molecule has 1 aliphatic carbocycles. The van der Waals surface area contributed by atoms with Crippen LogP contribution in [0, 0.1) is 20.8 Å². The Morgan fingerprint density at radius 1 is 1.22 bits per heavy atom. The van der Waals surface area contributed by atoms with Crippen LogP contribution < -0.4 is 0 Å². The number of phenols is 1. The molecule has 2 rings (SSSR count). The Labute approximate surface area is 108 Å². The zero-order chi connectivity index (χ0) is 13.3. The van der Waals surface area contributed by atoms with Crippen molar-refractivity contribution in [2.24, 2.45) is 4.99 Å². The van der Waals surface area contributed by atoms with E-state index in [-0.39, 0.29) is 0 Å². The highest BCUT2D eigenvalue weighted by molar-refractivity contribution is 5.52. The first-order chi connectivity index (χ1) is 8.52. The molecule has 0 saturated heterocycles. The van der Waals surface area contributed by atoms with Crippen LogP contribution in [0.1, 0.15) is 47.9 Å². The van der Waals surface area contributed by atoms with Crippen molar-refractivity contribution in [3.63, 3.8) is 0 Å². The number of aromatic hydroxyl groups is 1. The first-order valence-corrected chi connectivity index (χ1v) is 6.41. The lowest BCUT2D eigenvalue weighted by atomic mass is 9.83. The molecule has 96 valence electrons. The van der Waals surface area contributed by atoms with Gasteiger partial charge in [0.1, 0.15) is 5.75 Å². The largest absolute Gasteiger partial charge is 0.507 e. The normalized spacial score (nSPS) is 17.5. The molecular formula is C15H19NO2. The Morgan fingerprint density at radius 2 is 1.83 bits per heavy atom. The molecule has 1 fully saturated rings. The molecule has 1 saturated carbocycles. The number of aliphatic imine (C=N–C) groups is 1. The van der Waals surface area contributed by atoms with Gasteiger partial charge in [0.05, 0.1) is 5.54 Å². The van der Waals surface area contributed by atoms with Gasteiger partial charge in [-0.3, -0.25) is 0 Å². The van der Waals surface area contributed by atoms with Gasteiger partial charge in [-0.2, -0.15) is 4.99 Å². The summed E-state index contributed by atoms with van der Waals surface area (Å²) in [4.78, 5) is 14.9. The van der Waals surface area contributed by atoms with E-state index >= 15 is 0 Å². The Kier molecular flexibility index (Phi) is 3.27. The molecule has 0 heterocycles. The fourth-order valence-corrected chi connectivity index (χ4v) is 3.04. The summed E-state index contributed by atoms with van der Waals surface area (Å²) in [5.74, 6) is 0.347. The molecule has 1 N–H and O–H groups in total. The zero-order valence-corrected chi connectivity index (χ0v) is 11.2. The van der Waals surface area contributed by atoms with Gasteiger partial charge >= 0.3 is 0 Å². The van der Waals surface area contributed by atoms with Crippen LogP contribution in [-0.4, -0.2) is 11.2 Å². The first-order valence-electron chi connectivity index (χ1n) is 6.41. The van der Waals surface area contributed by atoms with Crippen LogP contribution in [0.5, 0.6) is 5.75 Å². The van der Waals surface area contributed by atoms with Crippen LogP contribution in [0.15, 0.2) is 11.1 Å². The minimum Gasteiger partial charge on any atom is -0.507 e. The predicted molar refractivity (Wildman–Crippen MR) is 70.6 cm³/mol. The summed E-state index contributed by atoms with van der Waals surface area (Å²) in [6.07, 6.45) is 5.71. The summed E-state index contributed by atoms with van der Waals surface area (Å²) in [7, 11) is 0. The van der Waals surface area contributed by atoms with Gasteiger partial charge < -0.3 is 5.11 Å². The van der Waals surface area contributed by atoms with E-state index in [0.29, 0.717) is 5.75 Å². The van der Waals surface area contributed by atoms with Crippen molar-refractivity contribution in [1.82, 2.24) is 0 Å². The number of hydrogen-bond donors (Lipinski definition) is 1. The van der Waals surface area contributed by atoms with E-state index < -0.39 is 5.54 Å². The van der Waals surface area contributed by atoms with Gasteiger partial charge in [0, 0.05) is 0 Å². The highest BCUT2D eigenvalue weighted by atomic mass is 16.3. The molecule has 1 aromatic rings. The number of phenolic OH excluding ortho intramolecular Hbond substituents is 1. The van der Waals surface area contributed by atoms with E-state index in [1.807, 2.05) is 26.8 Å². The highest BCUT2D eigenvalue weighted by Crippen LogP contribution is 2.45. The van der Waals surface area contributed by atoms with Gasteiger partial charge in [-0.25, -0.2) is 4.79 Å². The Balaban J connectivity index is 2.66. The molecule has 0 spiro atoms. The van der Waals surface area contributed by atoms with Crippen LogP contribution in [0.2, 0.25) is 0 Å². The number of nitrogens with zero attached hydrogens (tertiary/aromatic N) is 1. The Bertz CT molecular complexity index is 522. The molecule has 3 nitrogen and oxygen atoms in total. The maximum absolute atomic E-state index is 10.7. The van der Waals surface area contributed by atoms with E-state index in [1.165, 1.54) is 0 Å². The molecule has 0 amide bonds. The minimum atomic E-state index is -0.408. The zero-order valence-electron chi connectivity index (χ0n) is 11.2. The third kappa shape index (κ3) is 1.85. The van der Waals surface area contributed by atoms with Crippen LogP contribution in [-0.2, 0) is 10.3 Å². The third-order valence-electron chi connectivity index (χ3n) is 4.25. The van der Waals surface area contributed by atoms with E-state index in [4.69, 9.17) is 0 Å². The number of isocyanates is 1. The fourth-order valence-electron chi connectivity index (χ4n) is 3.04. The van der Waals surface area contributed by atoms with E-state index in [0.717, 1.165) is 47.9 Å².